The molecule has 0 fully saturated rings. The third kappa shape index (κ3) is 1.88. The molecule has 0 spiro atoms. The Kier molecular flexibility index (Phi) is 3.10. The highest BCUT2D eigenvalue weighted by molar-refractivity contribution is 7.10. The minimum Gasteiger partial charge on any atom is -0.497 e. The zero-order valence-electron chi connectivity index (χ0n) is 9.48. The lowest BCUT2D eigenvalue weighted by Gasteiger charge is -2.05. The number of hydrogen-bond acceptors (Lipinski definition) is 4. The van der Waals surface area contributed by atoms with Crippen molar-refractivity contribution in [2.75, 3.05) is 14.2 Å². The Balaban J connectivity index is 2.53. The zero-order chi connectivity index (χ0) is 11.5. The standard InChI is InChI=1S/C12H13NO2S/c1-8-12(11(15-3)7-16-8)10-6-9(14-2)4-5-13-10/h4-7H,1-3H3. The number of ether oxygens (including phenoxy) is 2. The smallest absolute Gasteiger partial charge is 0.139 e. The molecule has 84 valence electrons. The molecule has 0 aliphatic heterocycles. The van der Waals surface area contributed by atoms with Crippen molar-refractivity contribution >= 4 is 11.3 Å². The van der Waals surface area contributed by atoms with Gasteiger partial charge in [0.25, 0.3) is 0 Å². The van der Waals surface area contributed by atoms with E-state index in [4.69, 9.17) is 9.47 Å². The molecule has 2 heterocycles. The van der Waals surface area contributed by atoms with E-state index in [-0.39, 0.29) is 0 Å². The largest absolute Gasteiger partial charge is 0.497 e. The first-order valence-corrected chi connectivity index (χ1v) is 5.76. The third-order valence-corrected chi connectivity index (χ3v) is 3.27. The van der Waals surface area contributed by atoms with Crippen molar-refractivity contribution in [3.05, 3.63) is 28.6 Å². The van der Waals surface area contributed by atoms with Gasteiger partial charge in [0, 0.05) is 22.5 Å². The fraction of sp³-hybridized carbons (Fsp3) is 0.250. The molecule has 0 aliphatic carbocycles. The molecule has 2 rings (SSSR count). The van der Waals surface area contributed by atoms with E-state index in [9.17, 15) is 0 Å². The van der Waals surface area contributed by atoms with Gasteiger partial charge in [-0.1, -0.05) is 0 Å². The van der Waals surface area contributed by atoms with E-state index in [2.05, 4.69) is 11.9 Å². The summed E-state index contributed by atoms with van der Waals surface area (Å²) >= 11 is 1.66. The van der Waals surface area contributed by atoms with Crippen LogP contribution < -0.4 is 9.47 Å². The summed E-state index contributed by atoms with van der Waals surface area (Å²) in [7, 11) is 3.32. The molecule has 16 heavy (non-hydrogen) atoms. The molecule has 0 unspecified atom stereocenters. The Morgan fingerprint density at radius 3 is 2.75 bits per heavy atom. The zero-order valence-corrected chi connectivity index (χ0v) is 10.3. The Hall–Kier alpha value is -1.55. The second kappa shape index (κ2) is 4.53. The summed E-state index contributed by atoms with van der Waals surface area (Å²) in [5.41, 5.74) is 1.93. The predicted octanol–water partition coefficient (Wildman–Crippen LogP) is 3.14. The van der Waals surface area contributed by atoms with Crippen LogP contribution in [-0.4, -0.2) is 19.2 Å². The summed E-state index contributed by atoms with van der Waals surface area (Å²) in [6.45, 7) is 2.06. The molecule has 0 N–H and O–H groups in total. The van der Waals surface area contributed by atoms with Crippen molar-refractivity contribution < 1.29 is 9.47 Å². The first-order chi connectivity index (χ1) is 7.76. The molecule has 0 bridgehead atoms. The molecule has 0 atom stereocenters. The quantitative estimate of drug-likeness (QED) is 0.819. The van der Waals surface area contributed by atoms with Crippen LogP contribution in [0.3, 0.4) is 0 Å². The summed E-state index contributed by atoms with van der Waals surface area (Å²) in [4.78, 5) is 5.54. The summed E-state index contributed by atoms with van der Waals surface area (Å²) < 4.78 is 10.5. The van der Waals surface area contributed by atoms with E-state index >= 15 is 0 Å². The molecule has 0 radical (unpaired) electrons. The third-order valence-electron chi connectivity index (χ3n) is 2.38. The highest BCUT2D eigenvalue weighted by Gasteiger charge is 2.13. The molecule has 0 aliphatic rings. The summed E-state index contributed by atoms with van der Waals surface area (Å²) in [6, 6.07) is 3.75. The molecule has 3 nitrogen and oxygen atoms in total. The van der Waals surface area contributed by atoms with Gasteiger partial charge in [-0.3, -0.25) is 4.98 Å². The number of hydrogen-bond donors (Lipinski definition) is 0. The van der Waals surface area contributed by atoms with Crippen molar-refractivity contribution in [3.63, 3.8) is 0 Å². The van der Waals surface area contributed by atoms with Crippen molar-refractivity contribution in [2.45, 2.75) is 6.92 Å². The Morgan fingerprint density at radius 1 is 1.25 bits per heavy atom. The van der Waals surface area contributed by atoms with E-state index in [1.807, 2.05) is 17.5 Å². The Labute approximate surface area is 98.7 Å². The minimum absolute atomic E-state index is 0.803. The van der Waals surface area contributed by atoms with E-state index in [1.165, 1.54) is 4.88 Å². The Bertz CT molecular complexity index is 494. The average Bonchev–Trinajstić information content (AvgIpc) is 2.70. The molecule has 0 aromatic carbocycles. The van der Waals surface area contributed by atoms with Gasteiger partial charge in [0.05, 0.1) is 25.5 Å². The Morgan fingerprint density at radius 2 is 2.06 bits per heavy atom. The van der Waals surface area contributed by atoms with Crippen molar-refractivity contribution in [3.8, 4) is 22.8 Å². The van der Waals surface area contributed by atoms with Gasteiger partial charge in [0.15, 0.2) is 0 Å². The van der Waals surface area contributed by atoms with Gasteiger partial charge in [-0.25, -0.2) is 0 Å². The topological polar surface area (TPSA) is 31.4 Å². The maximum absolute atomic E-state index is 5.32. The average molecular weight is 235 g/mol. The van der Waals surface area contributed by atoms with E-state index in [1.54, 1.807) is 31.8 Å². The van der Waals surface area contributed by atoms with Crippen LogP contribution in [0.15, 0.2) is 23.7 Å². The van der Waals surface area contributed by atoms with Gasteiger partial charge < -0.3 is 9.47 Å². The molecular weight excluding hydrogens is 222 g/mol. The molecule has 2 aromatic heterocycles. The maximum atomic E-state index is 5.32. The monoisotopic (exact) mass is 235 g/mol. The van der Waals surface area contributed by atoms with E-state index in [0.717, 1.165) is 22.8 Å². The van der Waals surface area contributed by atoms with Crippen LogP contribution in [0.4, 0.5) is 0 Å². The second-order valence-electron chi connectivity index (χ2n) is 3.32. The molecule has 0 amide bonds. The highest BCUT2D eigenvalue weighted by atomic mass is 32.1. The summed E-state index contributed by atoms with van der Waals surface area (Å²) in [5, 5.41) is 1.99. The summed E-state index contributed by atoms with van der Waals surface area (Å²) in [6.07, 6.45) is 1.74. The van der Waals surface area contributed by atoms with Crippen LogP contribution in [0.1, 0.15) is 4.88 Å². The molecular formula is C12H13NO2S. The number of rotatable bonds is 3. The van der Waals surface area contributed by atoms with Crippen LogP contribution in [0.2, 0.25) is 0 Å². The first-order valence-electron chi connectivity index (χ1n) is 4.88. The lowest BCUT2D eigenvalue weighted by molar-refractivity contribution is 0.413. The molecule has 4 heteroatoms. The van der Waals surface area contributed by atoms with Crippen LogP contribution in [0.25, 0.3) is 11.3 Å². The molecule has 2 aromatic rings. The highest BCUT2D eigenvalue weighted by Crippen LogP contribution is 2.37. The molecule has 0 saturated heterocycles. The van der Waals surface area contributed by atoms with E-state index < -0.39 is 0 Å². The lowest BCUT2D eigenvalue weighted by Crippen LogP contribution is -1.89. The van der Waals surface area contributed by atoms with Gasteiger partial charge >= 0.3 is 0 Å². The van der Waals surface area contributed by atoms with Gasteiger partial charge in [0.2, 0.25) is 0 Å². The summed E-state index contributed by atoms with van der Waals surface area (Å²) in [5.74, 6) is 1.67. The van der Waals surface area contributed by atoms with Crippen molar-refractivity contribution in [1.82, 2.24) is 4.98 Å². The number of thiophene rings is 1. The lowest BCUT2D eigenvalue weighted by atomic mass is 10.1. The number of aryl methyl sites for hydroxylation is 1. The van der Waals surface area contributed by atoms with Crippen LogP contribution >= 0.6 is 11.3 Å². The maximum Gasteiger partial charge on any atom is 0.139 e. The van der Waals surface area contributed by atoms with Crippen LogP contribution in [0.5, 0.6) is 11.5 Å². The normalized spacial score (nSPS) is 10.2. The van der Waals surface area contributed by atoms with Gasteiger partial charge in [0.1, 0.15) is 11.5 Å². The SMILES string of the molecule is COc1ccnc(-c2c(OC)csc2C)c1. The van der Waals surface area contributed by atoms with Crippen LogP contribution in [-0.2, 0) is 0 Å². The van der Waals surface area contributed by atoms with E-state index in [0.29, 0.717) is 0 Å². The van der Waals surface area contributed by atoms with Gasteiger partial charge in [-0.2, -0.15) is 0 Å². The fourth-order valence-electron chi connectivity index (χ4n) is 1.56. The van der Waals surface area contributed by atoms with Crippen molar-refractivity contribution in [2.24, 2.45) is 0 Å². The van der Waals surface area contributed by atoms with Gasteiger partial charge in [-0.05, 0) is 13.0 Å². The second-order valence-corrected chi connectivity index (χ2v) is 4.40. The van der Waals surface area contributed by atoms with Crippen LogP contribution in [0, 0.1) is 6.92 Å². The predicted molar refractivity (Wildman–Crippen MR) is 65.4 cm³/mol. The van der Waals surface area contributed by atoms with Gasteiger partial charge in [-0.15, -0.1) is 11.3 Å². The number of pyridine rings is 1. The number of methoxy groups -OCH3 is 2. The fourth-order valence-corrected chi connectivity index (χ4v) is 2.39. The molecule has 0 saturated carbocycles. The minimum atomic E-state index is 0.803. The number of nitrogens with zero attached hydrogens (tertiary/aromatic N) is 1. The van der Waals surface area contributed by atoms with Crippen molar-refractivity contribution in [1.29, 1.82) is 0 Å². The number of aromatic nitrogens is 1. The first kappa shape index (κ1) is 11.0.